The number of likely N-dealkylation sites (N-methyl/N-ethyl adjacent to an activating group) is 1. The molecule has 1 saturated carbocycles. The Bertz CT molecular complexity index is 393. The van der Waals surface area contributed by atoms with E-state index in [0.29, 0.717) is 19.8 Å². The molecule has 1 amide bonds. The lowest BCUT2D eigenvalue weighted by Crippen LogP contribution is -2.42. The zero-order chi connectivity index (χ0) is 14.0. The molecule has 0 heterocycles. The fourth-order valence-electron chi connectivity index (χ4n) is 3.21. The molecule has 0 aromatic rings. The fraction of sp³-hybridized carbons (Fsp3) is 0.714. The summed E-state index contributed by atoms with van der Waals surface area (Å²) >= 11 is 0. The van der Waals surface area contributed by atoms with Crippen molar-refractivity contribution in [3.8, 4) is 0 Å². The van der Waals surface area contributed by atoms with E-state index in [-0.39, 0.29) is 17.7 Å². The zero-order valence-corrected chi connectivity index (χ0v) is 11.4. The third-order valence-corrected chi connectivity index (χ3v) is 4.18. The van der Waals surface area contributed by atoms with E-state index in [1.807, 2.05) is 19.1 Å². The van der Waals surface area contributed by atoms with Crippen LogP contribution in [-0.2, 0) is 14.3 Å². The number of fused-ring (bicyclic) bond motifs is 2. The number of aliphatic carboxylic acids is 1. The van der Waals surface area contributed by atoms with Crippen LogP contribution in [-0.4, -0.2) is 48.7 Å². The number of ether oxygens (including phenoxy) is 1. The van der Waals surface area contributed by atoms with Crippen molar-refractivity contribution < 1.29 is 19.4 Å². The van der Waals surface area contributed by atoms with Gasteiger partial charge >= 0.3 is 5.97 Å². The predicted molar refractivity (Wildman–Crippen MR) is 69.5 cm³/mol. The average molecular weight is 267 g/mol. The maximum Gasteiger partial charge on any atom is 0.307 e. The maximum absolute atomic E-state index is 12.4. The molecule has 0 aromatic carbocycles. The molecule has 0 aliphatic heterocycles. The number of carboxylic acid groups (broad SMARTS) is 1. The lowest BCUT2D eigenvalue weighted by atomic mass is 9.82. The summed E-state index contributed by atoms with van der Waals surface area (Å²) in [6.45, 7) is 3.53. The van der Waals surface area contributed by atoms with Crippen LogP contribution in [0.1, 0.15) is 13.3 Å². The van der Waals surface area contributed by atoms with Gasteiger partial charge in [-0.2, -0.15) is 0 Å². The van der Waals surface area contributed by atoms with Gasteiger partial charge in [0.05, 0.1) is 18.4 Å². The Hall–Kier alpha value is -1.36. The Morgan fingerprint density at radius 1 is 1.32 bits per heavy atom. The van der Waals surface area contributed by atoms with Crippen molar-refractivity contribution in [2.24, 2.45) is 23.7 Å². The molecular formula is C14H21NO4. The average Bonchev–Trinajstić information content (AvgIpc) is 2.97. The number of carbonyl (C=O) groups excluding carboxylic acids is 1. The molecule has 0 aromatic heterocycles. The molecule has 2 aliphatic carbocycles. The number of hydrogen-bond acceptors (Lipinski definition) is 3. The second-order valence-electron chi connectivity index (χ2n) is 5.29. The van der Waals surface area contributed by atoms with E-state index < -0.39 is 17.8 Å². The first kappa shape index (κ1) is 14.1. The van der Waals surface area contributed by atoms with Crippen LogP contribution in [0.15, 0.2) is 12.2 Å². The van der Waals surface area contributed by atoms with Gasteiger partial charge in [0.2, 0.25) is 5.91 Å². The van der Waals surface area contributed by atoms with Crippen LogP contribution in [0.3, 0.4) is 0 Å². The highest BCUT2D eigenvalue weighted by atomic mass is 16.5. The minimum Gasteiger partial charge on any atom is -0.481 e. The largest absolute Gasteiger partial charge is 0.481 e. The van der Waals surface area contributed by atoms with Gasteiger partial charge in [0.1, 0.15) is 0 Å². The van der Waals surface area contributed by atoms with Gasteiger partial charge < -0.3 is 14.7 Å². The molecule has 5 heteroatoms. The van der Waals surface area contributed by atoms with Crippen molar-refractivity contribution in [1.82, 2.24) is 4.90 Å². The molecule has 4 unspecified atom stereocenters. The highest BCUT2D eigenvalue weighted by molar-refractivity contribution is 5.86. The molecule has 4 atom stereocenters. The molecule has 0 spiro atoms. The van der Waals surface area contributed by atoms with Gasteiger partial charge in [-0.1, -0.05) is 12.2 Å². The molecule has 0 saturated heterocycles. The van der Waals surface area contributed by atoms with Gasteiger partial charge in [-0.15, -0.1) is 0 Å². The van der Waals surface area contributed by atoms with Gasteiger partial charge in [-0.05, 0) is 25.2 Å². The second-order valence-corrected chi connectivity index (χ2v) is 5.29. The van der Waals surface area contributed by atoms with Gasteiger partial charge in [0.25, 0.3) is 0 Å². The van der Waals surface area contributed by atoms with Crippen molar-refractivity contribution in [2.75, 3.05) is 26.8 Å². The summed E-state index contributed by atoms with van der Waals surface area (Å²) in [5.74, 6) is -1.77. The molecule has 5 nitrogen and oxygen atoms in total. The van der Waals surface area contributed by atoms with Crippen molar-refractivity contribution in [1.29, 1.82) is 0 Å². The summed E-state index contributed by atoms with van der Waals surface area (Å²) in [5.41, 5.74) is 0. The third-order valence-electron chi connectivity index (χ3n) is 4.18. The zero-order valence-electron chi connectivity index (χ0n) is 11.4. The summed E-state index contributed by atoms with van der Waals surface area (Å²) in [4.78, 5) is 25.4. The Balaban J connectivity index is 2.01. The van der Waals surface area contributed by atoms with Gasteiger partial charge in [-0.3, -0.25) is 9.59 Å². The van der Waals surface area contributed by atoms with Crippen LogP contribution in [0.25, 0.3) is 0 Å². The number of carbonyl (C=O) groups is 2. The minimum absolute atomic E-state index is 0.0248. The number of hydrogen-bond donors (Lipinski definition) is 1. The summed E-state index contributed by atoms with van der Waals surface area (Å²) in [5, 5.41) is 9.32. The van der Waals surface area contributed by atoms with E-state index in [0.717, 1.165) is 6.42 Å². The normalized spacial score (nSPS) is 31.7. The summed E-state index contributed by atoms with van der Waals surface area (Å²) in [6, 6.07) is 0. The molecule has 2 bridgehead atoms. The lowest BCUT2D eigenvalue weighted by Gasteiger charge is -2.28. The quantitative estimate of drug-likeness (QED) is 0.576. The standard InChI is InChI=1S/C14H21NO4/c1-3-19-7-6-15(2)13(16)11-9-4-5-10(8-9)12(11)14(17)18/h4-5,9-12H,3,6-8H2,1-2H3,(H,17,18). The molecule has 106 valence electrons. The molecule has 0 radical (unpaired) electrons. The van der Waals surface area contributed by atoms with Gasteiger partial charge in [0.15, 0.2) is 0 Å². The summed E-state index contributed by atoms with van der Waals surface area (Å²) in [6.07, 6.45) is 4.75. The Labute approximate surface area is 113 Å². The van der Waals surface area contributed by atoms with E-state index in [4.69, 9.17) is 4.74 Å². The van der Waals surface area contributed by atoms with E-state index in [1.165, 1.54) is 0 Å². The van der Waals surface area contributed by atoms with Crippen molar-refractivity contribution in [2.45, 2.75) is 13.3 Å². The Morgan fingerprint density at radius 3 is 2.53 bits per heavy atom. The fourth-order valence-corrected chi connectivity index (χ4v) is 3.21. The number of rotatable bonds is 6. The molecule has 19 heavy (non-hydrogen) atoms. The van der Waals surface area contributed by atoms with Crippen LogP contribution in [0.4, 0.5) is 0 Å². The molecule has 1 N–H and O–H groups in total. The van der Waals surface area contributed by atoms with Crippen LogP contribution in [0.2, 0.25) is 0 Å². The number of nitrogens with zero attached hydrogens (tertiary/aromatic N) is 1. The van der Waals surface area contributed by atoms with Crippen molar-refractivity contribution >= 4 is 11.9 Å². The molecule has 1 fully saturated rings. The van der Waals surface area contributed by atoms with Crippen LogP contribution in [0, 0.1) is 23.7 Å². The number of amides is 1. The monoisotopic (exact) mass is 267 g/mol. The highest BCUT2D eigenvalue weighted by Gasteiger charge is 2.52. The molecule has 2 aliphatic rings. The van der Waals surface area contributed by atoms with Crippen LogP contribution >= 0.6 is 0 Å². The smallest absolute Gasteiger partial charge is 0.307 e. The van der Waals surface area contributed by atoms with Crippen LogP contribution in [0.5, 0.6) is 0 Å². The van der Waals surface area contributed by atoms with Gasteiger partial charge in [-0.25, -0.2) is 0 Å². The molecular weight excluding hydrogens is 246 g/mol. The third kappa shape index (κ3) is 2.66. The van der Waals surface area contributed by atoms with E-state index >= 15 is 0 Å². The van der Waals surface area contributed by atoms with Crippen molar-refractivity contribution in [3.63, 3.8) is 0 Å². The predicted octanol–water partition coefficient (Wildman–Crippen LogP) is 1.00. The maximum atomic E-state index is 12.4. The first-order valence-electron chi connectivity index (χ1n) is 6.80. The first-order chi connectivity index (χ1) is 9.06. The number of carboxylic acids is 1. The Kier molecular flexibility index (Phi) is 4.24. The highest BCUT2D eigenvalue weighted by Crippen LogP contribution is 2.48. The van der Waals surface area contributed by atoms with Gasteiger partial charge in [0, 0.05) is 20.2 Å². The topological polar surface area (TPSA) is 66.8 Å². The van der Waals surface area contributed by atoms with Crippen LogP contribution < -0.4 is 0 Å². The van der Waals surface area contributed by atoms with E-state index in [2.05, 4.69) is 0 Å². The second kappa shape index (κ2) is 5.74. The molecule has 2 rings (SSSR count). The van der Waals surface area contributed by atoms with E-state index in [9.17, 15) is 14.7 Å². The van der Waals surface area contributed by atoms with E-state index in [1.54, 1.807) is 11.9 Å². The summed E-state index contributed by atoms with van der Waals surface area (Å²) in [7, 11) is 1.72. The lowest BCUT2D eigenvalue weighted by molar-refractivity contribution is -0.150. The Morgan fingerprint density at radius 2 is 1.95 bits per heavy atom. The summed E-state index contributed by atoms with van der Waals surface area (Å²) < 4.78 is 5.23. The SMILES string of the molecule is CCOCCN(C)C(=O)C1C2C=CC(C2)C1C(=O)O. The number of allylic oxidation sites excluding steroid dienone is 2. The minimum atomic E-state index is -0.853. The first-order valence-corrected chi connectivity index (χ1v) is 6.80. The van der Waals surface area contributed by atoms with Crippen molar-refractivity contribution in [3.05, 3.63) is 12.2 Å².